The maximum atomic E-state index is 13.6. The minimum atomic E-state index is -1.88. The van der Waals surface area contributed by atoms with Crippen molar-refractivity contribution >= 4 is 35.5 Å². The third-order valence-electron chi connectivity index (χ3n) is 4.43. The number of halogens is 1. The Balaban J connectivity index is 2.66. The summed E-state index contributed by atoms with van der Waals surface area (Å²) in [6.07, 6.45) is -2.24. The van der Waals surface area contributed by atoms with Crippen LogP contribution >= 0.6 is 11.6 Å². The molecule has 1 aromatic carbocycles. The number of amides is 2. The van der Waals surface area contributed by atoms with Crippen LogP contribution in [-0.4, -0.2) is 56.7 Å². The number of benzene rings is 1. The lowest BCUT2D eigenvalue weighted by molar-refractivity contribution is -0.177. The summed E-state index contributed by atoms with van der Waals surface area (Å²) in [5.74, 6) is -0.596. The summed E-state index contributed by atoms with van der Waals surface area (Å²) >= 11 is 6.41. The predicted molar refractivity (Wildman–Crippen MR) is 124 cm³/mol. The number of ether oxygens (including phenoxy) is 2. The summed E-state index contributed by atoms with van der Waals surface area (Å²) in [6, 6.07) is 6.40. The number of hydrogen-bond acceptors (Lipinski definition) is 7. The van der Waals surface area contributed by atoms with Gasteiger partial charge in [-0.15, -0.1) is 5.06 Å². The van der Waals surface area contributed by atoms with Gasteiger partial charge in [-0.3, -0.25) is 9.63 Å². The van der Waals surface area contributed by atoms with Crippen LogP contribution in [0.5, 0.6) is 0 Å². The van der Waals surface area contributed by atoms with Gasteiger partial charge in [0.1, 0.15) is 16.9 Å². The minimum absolute atomic E-state index is 0.126. The Morgan fingerprint density at radius 3 is 2.09 bits per heavy atom. The van der Waals surface area contributed by atoms with Crippen LogP contribution in [0.15, 0.2) is 29.4 Å². The molecule has 1 atom stereocenters. The number of hydrazone groups is 1. The van der Waals surface area contributed by atoms with Gasteiger partial charge in [-0.1, -0.05) is 29.8 Å². The van der Waals surface area contributed by atoms with Crippen molar-refractivity contribution in [1.29, 1.82) is 0 Å². The first-order valence-corrected chi connectivity index (χ1v) is 11.0. The number of hydrogen-bond donors (Lipinski definition) is 0. The maximum Gasteiger partial charge on any atom is 0.534 e. The van der Waals surface area contributed by atoms with E-state index in [1.54, 1.807) is 79.7 Å². The summed E-state index contributed by atoms with van der Waals surface area (Å²) in [5, 5.41) is 6.58. The molecule has 0 radical (unpaired) electrons. The van der Waals surface area contributed by atoms with Crippen molar-refractivity contribution in [2.75, 3.05) is 0 Å². The monoisotopic (exact) mass is 481 g/mol. The number of hydroxylamine groups is 2. The van der Waals surface area contributed by atoms with Crippen LogP contribution in [0.4, 0.5) is 9.59 Å². The summed E-state index contributed by atoms with van der Waals surface area (Å²) in [4.78, 5) is 44.8. The SMILES string of the molecule is CC(C)N1N=C(c2ccccc2Cl)C(C)(N(OC(=O)OC(C)(C)C)C(=O)OC(C)(C)C)C1=O. The fourth-order valence-electron chi connectivity index (χ4n) is 3.03. The number of carbonyl (C=O) groups is 3. The van der Waals surface area contributed by atoms with E-state index in [9.17, 15) is 14.4 Å². The normalized spacial score (nSPS) is 18.8. The van der Waals surface area contributed by atoms with E-state index in [0.29, 0.717) is 15.6 Å². The fraction of sp³-hybridized carbons (Fsp3) is 0.565. The van der Waals surface area contributed by atoms with Crippen LogP contribution in [0.2, 0.25) is 5.02 Å². The van der Waals surface area contributed by atoms with Gasteiger partial charge in [-0.05, 0) is 68.4 Å². The summed E-state index contributed by atoms with van der Waals surface area (Å²) in [7, 11) is 0. The van der Waals surface area contributed by atoms with Gasteiger partial charge in [-0.25, -0.2) is 14.6 Å². The molecule has 0 aliphatic carbocycles. The van der Waals surface area contributed by atoms with Gasteiger partial charge in [0, 0.05) is 10.6 Å². The third kappa shape index (κ3) is 5.96. The molecule has 0 fully saturated rings. The van der Waals surface area contributed by atoms with Crippen LogP contribution in [0, 0.1) is 0 Å². The van der Waals surface area contributed by atoms with Crippen LogP contribution in [0.1, 0.15) is 67.9 Å². The van der Waals surface area contributed by atoms with Crippen molar-refractivity contribution in [3.8, 4) is 0 Å². The highest BCUT2D eigenvalue weighted by molar-refractivity contribution is 6.36. The fourth-order valence-corrected chi connectivity index (χ4v) is 3.26. The molecule has 9 nitrogen and oxygen atoms in total. The van der Waals surface area contributed by atoms with Crippen molar-refractivity contribution in [3.63, 3.8) is 0 Å². The first-order chi connectivity index (χ1) is 15.0. The molecule has 1 aliphatic heterocycles. The van der Waals surface area contributed by atoms with Gasteiger partial charge in [0.2, 0.25) is 5.54 Å². The van der Waals surface area contributed by atoms with Gasteiger partial charge in [0.25, 0.3) is 5.91 Å². The van der Waals surface area contributed by atoms with Crippen molar-refractivity contribution in [2.45, 2.75) is 85.1 Å². The first kappa shape index (κ1) is 26.4. The molecule has 0 N–H and O–H groups in total. The molecular weight excluding hydrogens is 450 g/mol. The van der Waals surface area contributed by atoms with E-state index < -0.39 is 34.9 Å². The second-order valence-corrected chi connectivity index (χ2v) is 10.5. The largest absolute Gasteiger partial charge is 0.534 e. The zero-order valence-corrected chi connectivity index (χ0v) is 21.3. The van der Waals surface area contributed by atoms with E-state index in [0.717, 1.165) is 0 Å². The molecule has 0 saturated carbocycles. The van der Waals surface area contributed by atoms with Crippen molar-refractivity contribution in [2.24, 2.45) is 5.10 Å². The lowest BCUT2D eigenvalue weighted by Crippen LogP contribution is -2.61. The Labute approximate surface area is 199 Å². The molecule has 1 aromatic rings. The van der Waals surface area contributed by atoms with Crippen molar-refractivity contribution in [1.82, 2.24) is 10.1 Å². The van der Waals surface area contributed by atoms with E-state index in [1.807, 2.05) is 0 Å². The highest BCUT2D eigenvalue weighted by Crippen LogP contribution is 2.35. The molecule has 33 heavy (non-hydrogen) atoms. The zero-order valence-electron chi connectivity index (χ0n) is 20.6. The second kappa shape index (κ2) is 9.21. The average molecular weight is 482 g/mol. The molecule has 10 heteroatoms. The summed E-state index contributed by atoms with van der Waals surface area (Å²) < 4.78 is 10.7. The van der Waals surface area contributed by atoms with Crippen LogP contribution in [0.25, 0.3) is 0 Å². The lowest BCUT2D eigenvalue weighted by Gasteiger charge is -2.36. The molecule has 2 rings (SSSR count). The highest BCUT2D eigenvalue weighted by Gasteiger charge is 2.58. The first-order valence-electron chi connectivity index (χ1n) is 10.6. The smallest absolute Gasteiger partial charge is 0.442 e. The summed E-state index contributed by atoms with van der Waals surface area (Å²) in [6.45, 7) is 14.8. The van der Waals surface area contributed by atoms with Crippen LogP contribution < -0.4 is 0 Å². The van der Waals surface area contributed by atoms with Gasteiger partial charge in [0.05, 0.1) is 6.04 Å². The molecule has 0 bridgehead atoms. The predicted octanol–water partition coefficient (Wildman–Crippen LogP) is 5.16. The molecule has 1 unspecified atom stereocenters. The molecule has 2 amide bonds. The molecular formula is C23H32ClN3O6. The van der Waals surface area contributed by atoms with Crippen LogP contribution in [-0.2, 0) is 19.1 Å². The molecule has 1 heterocycles. The maximum absolute atomic E-state index is 13.6. The van der Waals surface area contributed by atoms with Crippen LogP contribution in [0.3, 0.4) is 0 Å². The topological polar surface area (TPSA) is 97.7 Å². The molecule has 1 aliphatic rings. The molecule has 0 spiro atoms. The molecule has 0 aromatic heterocycles. The Morgan fingerprint density at radius 1 is 1.06 bits per heavy atom. The minimum Gasteiger partial charge on any atom is -0.442 e. The van der Waals surface area contributed by atoms with E-state index in [-0.39, 0.29) is 11.8 Å². The number of carbonyl (C=O) groups excluding carboxylic acids is 3. The Kier molecular flexibility index (Phi) is 7.38. The second-order valence-electron chi connectivity index (χ2n) is 10.1. The number of nitrogens with zero attached hydrogens (tertiary/aromatic N) is 3. The van der Waals surface area contributed by atoms with E-state index in [2.05, 4.69) is 5.10 Å². The quantitative estimate of drug-likeness (QED) is 0.437. The Bertz CT molecular complexity index is 964. The number of rotatable bonds is 3. The molecule has 182 valence electrons. The van der Waals surface area contributed by atoms with E-state index in [1.165, 1.54) is 11.9 Å². The van der Waals surface area contributed by atoms with Gasteiger partial charge >= 0.3 is 12.2 Å². The van der Waals surface area contributed by atoms with E-state index >= 15 is 0 Å². The van der Waals surface area contributed by atoms with Gasteiger partial charge < -0.3 is 9.47 Å². The van der Waals surface area contributed by atoms with E-state index in [4.69, 9.17) is 25.9 Å². The lowest BCUT2D eigenvalue weighted by atomic mass is 9.89. The van der Waals surface area contributed by atoms with Crippen molar-refractivity contribution < 1.29 is 28.7 Å². The van der Waals surface area contributed by atoms with Gasteiger partial charge in [-0.2, -0.15) is 5.10 Å². The Morgan fingerprint density at radius 2 is 1.61 bits per heavy atom. The standard InChI is InChI=1S/C23H32ClN3O6/c1-14(2)26-18(28)23(9,17(25-26)15-12-10-11-13-16(15)24)27(19(29)31-21(3,4)5)33-20(30)32-22(6,7)8/h10-14H,1-9H3. The average Bonchev–Trinajstić information content (AvgIpc) is 2.89. The van der Waals surface area contributed by atoms with Gasteiger partial charge in [0.15, 0.2) is 0 Å². The third-order valence-corrected chi connectivity index (χ3v) is 4.76. The van der Waals surface area contributed by atoms with Crippen molar-refractivity contribution in [3.05, 3.63) is 34.9 Å². The molecule has 0 saturated heterocycles. The Hall–Kier alpha value is -2.81. The zero-order chi connectivity index (χ0) is 25.4. The summed E-state index contributed by atoms with van der Waals surface area (Å²) in [5.41, 5.74) is -3.19. The highest BCUT2D eigenvalue weighted by atomic mass is 35.5.